The van der Waals surface area contributed by atoms with Crippen LogP contribution in [0.1, 0.15) is 12.0 Å². The fraction of sp³-hybridized carbons (Fsp3) is 0.0714. The Morgan fingerprint density at radius 2 is 1.80 bits per heavy atom. The van der Waals surface area contributed by atoms with Crippen molar-refractivity contribution in [2.24, 2.45) is 0 Å². The average Bonchev–Trinajstić information content (AvgIpc) is 2.30. The molecule has 0 amide bonds. The minimum atomic E-state index is 0.173. The molecule has 0 fully saturated rings. The lowest BCUT2D eigenvalue weighted by molar-refractivity contribution is -0.113. The molecule has 1 aliphatic rings. The van der Waals surface area contributed by atoms with Gasteiger partial charge in [-0.05, 0) is 17.2 Å². The highest BCUT2D eigenvalue weighted by atomic mass is 16.1. The zero-order valence-corrected chi connectivity index (χ0v) is 8.39. The topological polar surface area (TPSA) is 17.1 Å². The molecule has 0 saturated carbocycles. The Morgan fingerprint density at radius 3 is 2.47 bits per heavy atom. The van der Waals surface area contributed by atoms with E-state index in [9.17, 15) is 4.79 Å². The molecule has 1 aromatic rings. The summed E-state index contributed by atoms with van der Waals surface area (Å²) >= 11 is 0. The Labute approximate surface area is 89.4 Å². The lowest BCUT2D eigenvalue weighted by Crippen LogP contribution is -1.94. The molecule has 1 heteroatoms. The lowest BCUT2D eigenvalue weighted by atomic mass is 10.0. The number of allylic oxidation sites excluding steroid dienone is 5. The number of ketones is 1. The van der Waals surface area contributed by atoms with E-state index in [-0.39, 0.29) is 5.78 Å². The van der Waals surface area contributed by atoms with E-state index in [2.05, 4.69) is 12.1 Å². The summed E-state index contributed by atoms with van der Waals surface area (Å²) in [5.41, 5.74) is 2.27. The van der Waals surface area contributed by atoms with Gasteiger partial charge in [-0.15, -0.1) is 0 Å². The van der Waals surface area contributed by atoms with E-state index in [0.717, 1.165) is 5.57 Å². The first-order valence-electron chi connectivity index (χ1n) is 4.99. The maximum atomic E-state index is 10.9. The van der Waals surface area contributed by atoms with Crippen molar-refractivity contribution in [2.75, 3.05) is 0 Å². The summed E-state index contributed by atoms with van der Waals surface area (Å²) < 4.78 is 0. The molecule has 0 spiro atoms. The lowest BCUT2D eigenvalue weighted by Gasteiger charge is -2.00. The first-order valence-corrected chi connectivity index (χ1v) is 4.99. The number of benzene rings is 1. The number of hydrogen-bond acceptors (Lipinski definition) is 1. The molecular weight excluding hydrogens is 184 g/mol. The quantitative estimate of drug-likeness (QED) is 0.710. The van der Waals surface area contributed by atoms with Crippen LogP contribution in [-0.4, -0.2) is 5.78 Å². The highest BCUT2D eigenvalue weighted by molar-refractivity contribution is 5.93. The van der Waals surface area contributed by atoms with Crippen LogP contribution in [0.2, 0.25) is 0 Å². The second-order valence-electron chi connectivity index (χ2n) is 3.45. The van der Waals surface area contributed by atoms with Crippen LogP contribution in [0, 0.1) is 0 Å². The van der Waals surface area contributed by atoms with Gasteiger partial charge in [0, 0.05) is 6.42 Å². The van der Waals surface area contributed by atoms with E-state index in [1.807, 2.05) is 42.5 Å². The third kappa shape index (κ3) is 2.78. The molecule has 2 rings (SSSR count). The molecule has 1 aliphatic carbocycles. The Morgan fingerprint density at radius 1 is 1.00 bits per heavy atom. The summed E-state index contributed by atoms with van der Waals surface area (Å²) in [6, 6.07) is 10.1. The first kappa shape index (κ1) is 9.66. The van der Waals surface area contributed by atoms with E-state index >= 15 is 0 Å². The molecule has 0 aromatic heterocycles. The molecule has 0 radical (unpaired) electrons. The van der Waals surface area contributed by atoms with E-state index in [1.54, 1.807) is 6.08 Å². The number of hydrogen-bond donors (Lipinski definition) is 0. The van der Waals surface area contributed by atoms with Crippen molar-refractivity contribution in [3.8, 4) is 0 Å². The van der Waals surface area contributed by atoms with Gasteiger partial charge in [0.05, 0.1) is 0 Å². The van der Waals surface area contributed by atoms with E-state index in [0.29, 0.717) is 6.42 Å². The Hall–Kier alpha value is -1.89. The predicted octanol–water partition coefficient (Wildman–Crippen LogP) is 3.16. The largest absolute Gasteiger partial charge is 0.295 e. The summed E-state index contributed by atoms with van der Waals surface area (Å²) in [5.74, 6) is 0.173. The molecule has 0 atom stereocenters. The summed E-state index contributed by atoms with van der Waals surface area (Å²) in [7, 11) is 0. The zero-order chi connectivity index (χ0) is 10.5. The molecule has 0 aliphatic heterocycles. The minimum absolute atomic E-state index is 0.173. The van der Waals surface area contributed by atoms with Gasteiger partial charge in [-0.2, -0.15) is 0 Å². The summed E-state index contributed by atoms with van der Waals surface area (Å²) in [6.45, 7) is 0. The van der Waals surface area contributed by atoms with Crippen LogP contribution in [0.15, 0.2) is 60.2 Å². The average molecular weight is 196 g/mol. The second kappa shape index (κ2) is 4.56. The molecule has 0 bridgehead atoms. The van der Waals surface area contributed by atoms with Crippen LogP contribution >= 0.6 is 0 Å². The summed E-state index contributed by atoms with van der Waals surface area (Å²) in [6.07, 6.45) is 10.0. The van der Waals surface area contributed by atoms with Crippen molar-refractivity contribution in [1.82, 2.24) is 0 Å². The van der Waals surface area contributed by atoms with Crippen LogP contribution in [0.25, 0.3) is 6.08 Å². The molecule has 0 N–H and O–H groups in total. The fourth-order valence-corrected chi connectivity index (χ4v) is 1.42. The highest BCUT2D eigenvalue weighted by Gasteiger charge is 1.99. The van der Waals surface area contributed by atoms with Crippen LogP contribution in [-0.2, 0) is 4.79 Å². The molecular formula is C14H12O. The number of rotatable bonds is 2. The van der Waals surface area contributed by atoms with Crippen molar-refractivity contribution < 1.29 is 4.79 Å². The van der Waals surface area contributed by atoms with Gasteiger partial charge in [-0.3, -0.25) is 4.79 Å². The molecule has 0 unspecified atom stereocenters. The minimum Gasteiger partial charge on any atom is -0.295 e. The SMILES string of the molecule is O=C1C=CC(C=Cc2ccccc2)=CC1. The molecule has 15 heavy (non-hydrogen) atoms. The van der Waals surface area contributed by atoms with E-state index in [1.165, 1.54) is 5.56 Å². The Balaban J connectivity index is 2.07. The van der Waals surface area contributed by atoms with Crippen molar-refractivity contribution in [1.29, 1.82) is 0 Å². The normalized spacial score (nSPS) is 15.7. The van der Waals surface area contributed by atoms with E-state index < -0.39 is 0 Å². The van der Waals surface area contributed by atoms with Gasteiger partial charge < -0.3 is 0 Å². The Bertz CT molecular complexity index is 436. The molecule has 0 heterocycles. The standard InChI is InChI=1S/C14H12O/c15-14-10-8-13(9-11-14)7-6-12-4-2-1-3-5-12/h1-10H,11H2. The van der Waals surface area contributed by atoms with Crippen molar-refractivity contribution in [2.45, 2.75) is 6.42 Å². The number of carbonyl (C=O) groups excluding carboxylic acids is 1. The van der Waals surface area contributed by atoms with Gasteiger partial charge in [0.15, 0.2) is 5.78 Å². The maximum Gasteiger partial charge on any atom is 0.159 e. The van der Waals surface area contributed by atoms with Crippen molar-refractivity contribution >= 4 is 11.9 Å². The third-order valence-electron chi connectivity index (χ3n) is 2.27. The van der Waals surface area contributed by atoms with Crippen molar-refractivity contribution in [3.05, 3.63) is 65.8 Å². The monoisotopic (exact) mass is 196 g/mol. The maximum absolute atomic E-state index is 10.9. The highest BCUT2D eigenvalue weighted by Crippen LogP contribution is 2.11. The third-order valence-corrected chi connectivity index (χ3v) is 2.27. The van der Waals surface area contributed by atoms with E-state index in [4.69, 9.17) is 0 Å². The van der Waals surface area contributed by atoms with Gasteiger partial charge in [0.2, 0.25) is 0 Å². The smallest absolute Gasteiger partial charge is 0.159 e. The van der Waals surface area contributed by atoms with Crippen molar-refractivity contribution in [3.63, 3.8) is 0 Å². The summed E-state index contributed by atoms with van der Waals surface area (Å²) in [4.78, 5) is 10.9. The van der Waals surface area contributed by atoms with Gasteiger partial charge in [-0.25, -0.2) is 0 Å². The van der Waals surface area contributed by atoms with Gasteiger partial charge in [-0.1, -0.05) is 54.6 Å². The van der Waals surface area contributed by atoms with Crippen LogP contribution in [0.5, 0.6) is 0 Å². The van der Waals surface area contributed by atoms with Gasteiger partial charge in [0.1, 0.15) is 0 Å². The predicted molar refractivity (Wildman–Crippen MR) is 62.3 cm³/mol. The summed E-state index contributed by atoms with van der Waals surface area (Å²) in [5, 5.41) is 0. The van der Waals surface area contributed by atoms with Crippen LogP contribution < -0.4 is 0 Å². The molecule has 1 nitrogen and oxygen atoms in total. The van der Waals surface area contributed by atoms with Crippen LogP contribution in [0.4, 0.5) is 0 Å². The first-order chi connectivity index (χ1) is 7.34. The fourth-order valence-electron chi connectivity index (χ4n) is 1.42. The number of carbonyl (C=O) groups is 1. The van der Waals surface area contributed by atoms with Gasteiger partial charge >= 0.3 is 0 Å². The van der Waals surface area contributed by atoms with Crippen LogP contribution in [0.3, 0.4) is 0 Å². The zero-order valence-electron chi connectivity index (χ0n) is 8.39. The molecule has 0 saturated heterocycles. The molecule has 74 valence electrons. The molecule has 1 aromatic carbocycles. The second-order valence-corrected chi connectivity index (χ2v) is 3.45. The van der Waals surface area contributed by atoms with Gasteiger partial charge in [0.25, 0.3) is 0 Å². The Kier molecular flexibility index (Phi) is 2.93.